The second-order valence-electron chi connectivity index (χ2n) is 12.0. The Bertz CT molecular complexity index is 1600. The average Bonchev–Trinajstić information content (AvgIpc) is 3.60. The van der Waals surface area contributed by atoms with E-state index in [9.17, 15) is 9.59 Å². The van der Waals surface area contributed by atoms with E-state index in [1.165, 1.54) is 45.1 Å². The lowest BCUT2D eigenvalue weighted by atomic mass is 9.70. The number of benzene rings is 3. The van der Waals surface area contributed by atoms with Crippen LogP contribution in [0.1, 0.15) is 100 Å². The van der Waals surface area contributed by atoms with E-state index in [1.54, 1.807) is 0 Å². The van der Waals surface area contributed by atoms with Gasteiger partial charge >= 0.3 is 11.9 Å². The van der Waals surface area contributed by atoms with Crippen LogP contribution in [0.2, 0.25) is 0 Å². The smallest absolute Gasteiger partial charge is 0.305 e. The molecule has 0 aliphatic heterocycles. The van der Waals surface area contributed by atoms with Gasteiger partial charge in [-0.15, -0.1) is 0 Å². The van der Waals surface area contributed by atoms with Crippen molar-refractivity contribution >= 4 is 34.7 Å². The molecule has 4 aromatic rings. The average molecular weight is 613 g/mol. The summed E-state index contributed by atoms with van der Waals surface area (Å²) in [7, 11) is 0. The van der Waals surface area contributed by atoms with E-state index in [-0.39, 0.29) is 17.4 Å². The molecular weight excluding hydrogens is 568 g/mol. The van der Waals surface area contributed by atoms with Gasteiger partial charge in [-0.05, 0) is 92.8 Å². The van der Waals surface area contributed by atoms with Crippen molar-refractivity contribution in [3.8, 4) is 22.3 Å². The first-order valence-corrected chi connectivity index (χ1v) is 16.9. The van der Waals surface area contributed by atoms with Crippen molar-refractivity contribution in [3.05, 3.63) is 70.8 Å². The molecule has 0 spiro atoms. The van der Waals surface area contributed by atoms with E-state index >= 15 is 0 Å². The topological polar surface area (TPSA) is 78.4 Å². The molecule has 5 rings (SSSR count). The van der Waals surface area contributed by atoms with Crippen molar-refractivity contribution in [1.82, 2.24) is 8.75 Å². The molecule has 232 valence electrons. The van der Waals surface area contributed by atoms with Gasteiger partial charge in [0.05, 0.1) is 24.9 Å². The molecule has 0 unspecified atom stereocenters. The fourth-order valence-corrected chi connectivity index (χ4v) is 7.49. The minimum atomic E-state index is -0.148. The molecule has 0 saturated heterocycles. The molecule has 0 radical (unpaired) electrons. The molecule has 0 N–H and O–H groups in total. The Hall–Kier alpha value is -3.58. The van der Waals surface area contributed by atoms with Gasteiger partial charge < -0.3 is 9.47 Å². The van der Waals surface area contributed by atoms with Gasteiger partial charge in [-0.2, -0.15) is 8.75 Å². The van der Waals surface area contributed by atoms with Crippen molar-refractivity contribution in [2.45, 2.75) is 97.3 Å². The normalized spacial score (nSPS) is 13.1. The first kappa shape index (κ1) is 31.8. The van der Waals surface area contributed by atoms with Gasteiger partial charge in [0.15, 0.2) is 0 Å². The molecule has 1 aliphatic carbocycles. The molecule has 0 atom stereocenters. The summed E-state index contributed by atoms with van der Waals surface area (Å²) in [6.07, 6.45) is 8.59. The van der Waals surface area contributed by atoms with Gasteiger partial charge in [-0.1, -0.05) is 73.7 Å². The monoisotopic (exact) mass is 612 g/mol. The summed E-state index contributed by atoms with van der Waals surface area (Å²) in [5.41, 5.74) is 11.9. The van der Waals surface area contributed by atoms with Crippen LogP contribution in [0.4, 0.5) is 0 Å². The highest BCUT2D eigenvalue weighted by Crippen LogP contribution is 2.55. The second-order valence-corrected chi connectivity index (χ2v) is 12.5. The first-order valence-electron chi connectivity index (χ1n) is 16.2. The van der Waals surface area contributed by atoms with Crippen molar-refractivity contribution in [3.63, 3.8) is 0 Å². The number of rotatable bonds is 15. The van der Waals surface area contributed by atoms with E-state index in [0.29, 0.717) is 26.1 Å². The number of ether oxygens (including phenoxy) is 2. The number of hydrogen-bond acceptors (Lipinski definition) is 7. The second kappa shape index (κ2) is 14.5. The highest BCUT2D eigenvalue weighted by atomic mass is 32.1. The number of aromatic nitrogens is 2. The van der Waals surface area contributed by atoms with Crippen LogP contribution < -0.4 is 0 Å². The summed E-state index contributed by atoms with van der Waals surface area (Å²) in [6.45, 7) is 8.83. The fraction of sp³-hybridized carbons (Fsp3) is 0.459. The van der Waals surface area contributed by atoms with Crippen molar-refractivity contribution in [2.75, 3.05) is 13.2 Å². The molecule has 0 saturated carbocycles. The van der Waals surface area contributed by atoms with E-state index in [0.717, 1.165) is 73.5 Å². The molecule has 0 fully saturated rings. The number of esters is 2. The number of aryl methyl sites for hydroxylation is 2. The molecule has 44 heavy (non-hydrogen) atoms. The Balaban J connectivity index is 1.49. The predicted molar refractivity (Wildman–Crippen MR) is 178 cm³/mol. The van der Waals surface area contributed by atoms with E-state index in [1.807, 2.05) is 13.8 Å². The van der Waals surface area contributed by atoms with Gasteiger partial charge in [0.1, 0.15) is 11.0 Å². The summed E-state index contributed by atoms with van der Waals surface area (Å²) in [6, 6.07) is 18.2. The minimum absolute atomic E-state index is 0.110. The van der Waals surface area contributed by atoms with Crippen LogP contribution in [0.25, 0.3) is 33.3 Å². The van der Waals surface area contributed by atoms with Gasteiger partial charge in [-0.25, -0.2) is 0 Å². The van der Waals surface area contributed by atoms with Gasteiger partial charge in [0.2, 0.25) is 0 Å². The molecule has 1 heterocycles. The number of unbranched alkanes of at least 4 members (excludes halogenated alkanes) is 4. The quantitative estimate of drug-likeness (QED) is 0.0983. The van der Waals surface area contributed by atoms with Gasteiger partial charge in [0, 0.05) is 23.8 Å². The van der Waals surface area contributed by atoms with Crippen LogP contribution in [-0.4, -0.2) is 33.9 Å². The Morgan fingerprint density at radius 3 is 1.89 bits per heavy atom. The molecule has 6 nitrogen and oxygen atoms in total. The number of carbonyl (C=O) groups is 2. The summed E-state index contributed by atoms with van der Waals surface area (Å²) < 4.78 is 19.6. The Kier molecular flexibility index (Phi) is 10.5. The zero-order valence-corrected chi connectivity index (χ0v) is 27.4. The SMILES string of the molecule is CCOC(=O)CCCCCC1(CCCCCC(=O)OCC)c2cc(C)ccc2-c2ccc(-c3ccc(C)c4nsnc34)cc21. The van der Waals surface area contributed by atoms with Crippen molar-refractivity contribution < 1.29 is 19.1 Å². The van der Waals surface area contributed by atoms with Gasteiger partial charge in [0.25, 0.3) is 0 Å². The van der Waals surface area contributed by atoms with Crippen LogP contribution in [0, 0.1) is 13.8 Å². The molecule has 7 heteroatoms. The summed E-state index contributed by atoms with van der Waals surface area (Å²) in [5, 5.41) is 0. The van der Waals surface area contributed by atoms with Gasteiger partial charge in [-0.3, -0.25) is 9.59 Å². The first-order chi connectivity index (χ1) is 21.4. The Morgan fingerprint density at radius 1 is 0.682 bits per heavy atom. The molecule has 1 aromatic heterocycles. The lowest BCUT2D eigenvalue weighted by molar-refractivity contribution is -0.144. The van der Waals surface area contributed by atoms with Crippen LogP contribution in [-0.2, 0) is 24.5 Å². The van der Waals surface area contributed by atoms with Crippen LogP contribution in [0.3, 0.4) is 0 Å². The molecular formula is C37H44N2O4S. The van der Waals surface area contributed by atoms with E-state index < -0.39 is 0 Å². The Morgan fingerprint density at radius 2 is 1.25 bits per heavy atom. The standard InChI is InChI=1S/C37H44N2O4S/c1-5-42-33(40)13-9-7-11-21-37(22-12-8-10-14-34(41)43-6-2)31-23-25(3)15-18-29(31)30-20-17-27(24-32(30)37)28-19-16-26(4)35-36(28)39-44-38-35/h15-20,23-24H,5-14,21-22H2,1-4H3. The van der Waals surface area contributed by atoms with Crippen molar-refractivity contribution in [2.24, 2.45) is 0 Å². The summed E-state index contributed by atoms with van der Waals surface area (Å²) in [5.74, 6) is -0.219. The van der Waals surface area contributed by atoms with E-state index in [4.69, 9.17) is 9.47 Å². The molecule has 1 aliphatic rings. The largest absolute Gasteiger partial charge is 0.466 e. The molecule has 3 aromatic carbocycles. The third-order valence-corrected chi connectivity index (χ3v) is 9.55. The molecule has 0 bridgehead atoms. The third-order valence-electron chi connectivity index (χ3n) is 9.02. The number of hydrogen-bond donors (Lipinski definition) is 0. The molecule has 0 amide bonds. The fourth-order valence-electron chi connectivity index (χ4n) is 6.88. The minimum Gasteiger partial charge on any atom is -0.466 e. The maximum atomic E-state index is 12.0. The lowest BCUT2D eigenvalue weighted by Crippen LogP contribution is -2.26. The Labute approximate surface area is 265 Å². The van der Waals surface area contributed by atoms with E-state index in [2.05, 4.69) is 71.1 Å². The highest BCUT2D eigenvalue weighted by Gasteiger charge is 2.42. The predicted octanol–water partition coefficient (Wildman–Crippen LogP) is 9.27. The highest BCUT2D eigenvalue weighted by molar-refractivity contribution is 7.00. The maximum absolute atomic E-state index is 12.0. The lowest BCUT2D eigenvalue weighted by Gasteiger charge is -2.33. The van der Waals surface area contributed by atoms with Crippen LogP contribution >= 0.6 is 11.7 Å². The zero-order chi connectivity index (χ0) is 31.1. The number of fused-ring (bicyclic) bond motifs is 4. The zero-order valence-electron chi connectivity index (χ0n) is 26.5. The number of nitrogens with zero attached hydrogens (tertiary/aromatic N) is 2. The van der Waals surface area contributed by atoms with Crippen LogP contribution in [0.15, 0.2) is 48.5 Å². The maximum Gasteiger partial charge on any atom is 0.305 e. The van der Waals surface area contributed by atoms with Crippen LogP contribution in [0.5, 0.6) is 0 Å². The summed E-state index contributed by atoms with van der Waals surface area (Å²) >= 11 is 1.27. The summed E-state index contributed by atoms with van der Waals surface area (Å²) in [4.78, 5) is 24.0. The number of carbonyl (C=O) groups excluding carboxylic acids is 2. The van der Waals surface area contributed by atoms with Crippen molar-refractivity contribution in [1.29, 1.82) is 0 Å². The third kappa shape index (κ3) is 6.73.